The molecule has 180 valence electrons. The van der Waals surface area contributed by atoms with E-state index >= 15 is 0 Å². The average molecular weight is 481 g/mol. The third-order valence-corrected chi connectivity index (χ3v) is 7.62. The molecule has 1 aliphatic heterocycles. The van der Waals surface area contributed by atoms with E-state index in [1.807, 2.05) is 36.4 Å². The highest BCUT2D eigenvalue weighted by Crippen LogP contribution is 2.18. The Bertz CT molecular complexity index is 1240. The fraction of sp³-hybridized carbons (Fsp3) is 0.346. The SMILES string of the molecule is CN1CCN(Cc2cccc(CNC(=O)CCNS(=O)(=O)c3ccc4ccccc4c3)c2)CC1. The third-order valence-electron chi connectivity index (χ3n) is 6.16. The van der Waals surface area contributed by atoms with E-state index in [0.29, 0.717) is 6.54 Å². The summed E-state index contributed by atoms with van der Waals surface area (Å²) in [5.41, 5.74) is 2.27. The van der Waals surface area contributed by atoms with Crippen LogP contribution in [-0.4, -0.2) is 63.9 Å². The normalized spacial score (nSPS) is 15.4. The fourth-order valence-corrected chi connectivity index (χ4v) is 5.17. The number of likely N-dealkylation sites (N-methyl/N-ethyl adjacent to an activating group) is 1. The van der Waals surface area contributed by atoms with Crippen LogP contribution in [0.4, 0.5) is 0 Å². The summed E-state index contributed by atoms with van der Waals surface area (Å²) in [4.78, 5) is 17.3. The molecule has 3 aromatic carbocycles. The van der Waals surface area contributed by atoms with Crippen LogP contribution >= 0.6 is 0 Å². The highest BCUT2D eigenvalue weighted by molar-refractivity contribution is 7.89. The van der Waals surface area contributed by atoms with Gasteiger partial charge in [-0.3, -0.25) is 9.69 Å². The molecule has 0 bridgehead atoms. The number of carbonyl (C=O) groups excluding carboxylic acids is 1. The van der Waals surface area contributed by atoms with E-state index in [2.05, 4.69) is 39.0 Å². The quantitative estimate of drug-likeness (QED) is 0.492. The molecule has 0 saturated carbocycles. The Morgan fingerprint density at radius 2 is 1.62 bits per heavy atom. The van der Waals surface area contributed by atoms with Gasteiger partial charge in [-0.1, -0.05) is 54.6 Å². The van der Waals surface area contributed by atoms with E-state index in [4.69, 9.17) is 0 Å². The van der Waals surface area contributed by atoms with Crippen molar-refractivity contribution < 1.29 is 13.2 Å². The Morgan fingerprint density at radius 1 is 0.882 bits per heavy atom. The molecule has 1 saturated heterocycles. The maximum Gasteiger partial charge on any atom is 0.240 e. The van der Waals surface area contributed by atoms with Gasteiger partial charge in [0.2, 0.25) is 15.9 Å². The van der Waals surface area contributed by atoms with Crippen molar-refractivity contribution in [3.8, 4) is 0 Å². The van der Waals surface area contributed by atoms with Crippen LogP contribution in [0.25, 0.3) is 10.8 Å². The molecule has 4 rings (SSSR count). The second kappa shape index (κ2) is 11.1. The summed E-state index contributed by atoms with van der Waals surface area (Å²) < 4.78 is 27.7. The largest absolute Gasteiger partial charge is 0.352 e. The van der Waals surface area contributed by atoms with Crippen LogP contribution < -0.4 is 10.0 Å². The summed E-state index contributed by atoms with van der Waals surface area (Å²) in [5, 5.41) is 4.73. The molecule has 1 heterocycles. The van der Waals surface area contributed by atoms with E-state index < -0.39 is 10.0 Å². The minimum absolute atomic E-state index is 0.0461. The molecule has 2 N–H and O–H groups in total. The van der Waals surface area contributed by atoms with Gasteiger partial charge in [-0.25, -0.2) is 13.1 Å². The van der Waals surface area contributed by atoms with Crippen LogP contribution in [0.2, 0.25) is 0 Å². The monoisotopic (exact) mass is 480 g/mol. The molecule has 7 nitrogen and oxygen atoms in total. The topological polar surface area (TPSA) is 81.8 Å². The summed E-state index contributed by atoms with van der Waals surface area (Å²) in [5.74, 6) is -0.189. The number of hydrogen-bond acceptors (Lipinski definition) is 5. The number of hydrogen-bond donors (Lipinski definition) is 2. The number of sulfonamides is 1. The second-order valence-electron chi connectivity index (χ2n) is 8.83. The predicted octanol–water partition coefficient (Wildman–Crippen LogP) is 2.57. The number of nitrogens with one attached hydrogen (secondary N) is 2. The molecular weight excluding hydrogens is 448 g/mol. The van der Waals surface area contributed by atoms with Crippen molar-refractivity contribution in [3.05, 3.63) is 77.9 Å². The highest BCUT2D eigenvalue weighted by atomic mass is 32.2. The number of fused-ring (bicyclic) bond motifs is 1. The van der Waals surface area contributed by atoms with Crippen molar-refractivity contribution in [1.29, 1.82) is 0 Å². The van der Waals surface area contributed by atoms with E-state index in [9.17, 15) is 13.2 Å². The first kappa shape index (κ1) is 24.3. The van der Waals surface area contributed by atoms with Crippen LogP contribution in [0.3, 0.4) is 0 Å². The molecule has 3 aromatic rings. The van der Waals surface area contributed by atoms with Crippen molar-refractivity contribution in [1.82, 2.24) is 19.8 Å². The van der Waals surface area contributed by atoms with Gasteiger partial charge >= 0.3 is 0 Å². The lowest BCUT2D eigenvalue weighted by Gasteiger charge is -2.32. The zero-order valence-electron chi connectivity index (χ0n) is 19.5. The molecule has 0 unspecified atom stereocenters. The lowest BCUT2D eigenvalue weighted by molar-refractivity contribution is -0.121. The number of nitrogens with zero attached hydrogens (tertiary/aromatic N) is 2. The van der Waals surface area contributed by atoms with Crippen molar-refractivity contribution in [2.75, 3.05) is 39.8 Å². The predicted molar refractivity (Wildman–Crippen MR) is 135 cm³/mol. The number of benzene rings is 3. The van der Waals surface area contributed by atoms with Crippen LogP contribution in [0, 0.1) is 0 Å². The van der Waals surface area contributed by atoms with E-state index in [0.717, 1.165) is 49.1 Å². The lowest BCUT2D eigenvalue weighted by Crippen LogP contribution is -2.43. The maximum absolute atomic E-state index is 12.6. The van der Waals surface area contributed by atoms with Crippen molar-refractivity contribution in [2.24, 2.45) is 0 Å². The molecule has 0 aromatic heterocycles. The number of carbonyl (C=O) groups is 1. The molecule has 0 aliphatic carbocycles. The summed E-state index contributed by atoms with van der Waals surface area (Å²) in [7, 11) is -1.53. The molecule has 0 spiro atoms. The average Bonchev–Trinajstić information content (AvgIpc) is 2.84. The van der Waals surface area contributed by atoms with Crippen LogP contribution in [0.1, 0.15) is 17.5 Å². The minimum Gasteiger partial charge on any atom is -0.352 e. The first-order valence-corrected chi connectivity index (χ1v) is 13.1. The van der Waals surface area contributed by atoms with Gasteiger partial charge in [0, 0.05) is 52.2 Å². The van der Waals surface area contributed by atoms with Gasteiger partial charge in [-0.05, 0) is 41.1 Å². The first-order chi connectivity index (χ1) is 16.4. The summed E-state index contributed by atoms with van der Waals surface area (Å²) in [6.45, 7) is 5.67. The summed E-state index contributed by atoms with van der Waals surface area (Å²) >= 11 is 0. The van der Waals surface area contributed by atoms with Crippen LogP contribution in [-0.2, 0) is 27.9 Å². The molecule has 34 heavy (non-hydrogen) atoms. The standard InChI is InChI=1S/C26H32N4O3S/c1-29-13-15-30(16-14-29)20-22-6-4-5-21(17-22)19-27-26(31)11-12-28-34(32,33)25-10-9-23-7-2-3-8-24(23)18-25/h2-10,17-18,28H,11-16,19-20H2,1H3,(H,27,31). The van der Waals surface area contributed by atoms with Gasteiger partial charge in [0.05, 0.1) is 4.90 Å². The second-order valence-corrected chi connectivity index (χ2v) is 10.6. The Labute approximate surface area is 201 Å². The number of piperazine rings is 1. The molecule has 1 fully saturated rings. The van der Waals surface area contributed by atoms with Gasteiger partial charge in [0.1, 0.15) is 0 Å². The zero-order chi connectivity index (χ0) is 24.0. The van der Waals surface area contributed by atoms with Gasteiger partial charge in [0.25, 0.3) is 0 Å². The van der Waals surface area contributed by atoms with Gasteiger partial charge in [-0.15, -0.1) is 0 Å². The number of rotatable bonds is 9. The third kappa shape index (κ3) is 6.64. The van der Waals surface area contributed by atoms with Crippen LogP contribution in [0.15, 0.2) is 71.6 Å². The molecule has 1 aliphatic rings. The summed E-state index contributed by atoms with van der Waals surface area (Å²) in [6, 6.07) is 20.9. The van der Waals surface area contributed by atoms with Gasteiger partial charge in [-0.2, -0.15) is 0 Å². The van der Waals surface area contributed by atoms with E-state index in [-0.39, 0.29) is 23.8 Å². The van der Waals surface area contributed by atoms with Gasteiger partial charge in [0.15, 0.2) is 0 Å². The van der Waals surface area contributed by atoms with E-state index in [1.54, 1.807) is 18.2 Å². The lowest BCUT2D eigenvalue weighted by atomic mass is 10.1. The highest BCUT2D eigenvalue weighted by Gasteiger charge is 2.15. The van der Waals surface area contributed by atoms with Gasteiger partial charge < -0.3 is 10.2 Å². The van der Waals surface area contributed by atoms with E-state index in [1.165, 1.54) is 5.56 Å². The molecule has 8 heteroatoms. The Hall–Kier alpha value is -2.78. The minimum atomic E-state index is -3.68. The Kier molecular flexibility index (Phi) is 7.95. The molecule has 0 radical (unpaired) electrons. The Morgan fingerprint density at radius 3 is 2.41 bits per heavy atom. The molecule has 1 amide bonds. The number of amides is 1. The maximum atomic E-state index is 12.6. The molecular formula is C26H32N4O3S. The Balaban J connectivity index is 1.23. The van der Waals surface area contributed by atoms with Crippen molar-refractivity contribution in [3.63, 3.8) is 0 Å². The van der Waals surface area contributed by atoms with Crippen molar-refractivity contribution in [2.45, 2.75) is 24.4 Å². The fourth-order valence-electron chi connectivity index (χ4n) is 4.11. The smallest absolute Gasteiger partial charge is 0.240 e. The zero-order valence-corrected chi connectivity index (χ0v) is 20.4. The first-order valence-electron chi connectivity index (χ1n) is 11.6. The van der Waals surface area contributed by atoms with Crippen LogP contribution in [0.5, 0.6) is 0 Å². The van der Waals surface area contributed by atoms with Crippen molar-refractivity contribution >= 4 is 26.7 Å². The summed E-state index contributed by atoms with van der Waals surface area (Å²) in [6.07, 6.45) is 0.0772. The molecule has 0 atom stereocenters.